The first-order valence-corrected chi connectivity index (χ1v) is 6.63. The number of hydrogen-bond donors (Lipinski definition) is 0. The zero-order chi connectivity index (χ0) is 12.0. The fraction of sp³-hybridized carbons (Fsp3) is 0.462. The Labute approximate surface area is 102 Å². The summed E-state index contributed by atoms with van der Waals surface area (Å²) >= 11 is 1.38. The van der Waals surface area contributed by atoms with Crippen molar-refractivity contribution in [3.05, 3.63) is 35.4 Å². The molecule has 0 bridgehead atoms. The largest absolute Gasteiger partial charge is 0.334 e. The summed E-state index contributed by atoms with van der Waals surface area (Å²) in [7, 11) is 0. The molecule has 0 heterocycles. The monoisotopic (exact) mass is 237 g/mol. The third-order valence-electron chi connectivity index (χ3n) is 2.50. The topological polar surface area (TPSA) is 20.3 Å². The smallest absolute Gasteiger partial charge is 0.281 e. The van der Waals surface area contributed by atoms with Crippen LogP contribution in [0.5, 0.6) is 0 Å². The van der Waals surface area contributed by atoms with Crippen LogP contribution in [0, 0.1) is 6.92 Å². The maximum absolute atomic E-state index is 11.7. The van der Waals surface area contributed by atoms with Crippen LogP contribution >= 0.6 is 11.8 Å². The molecule has 0 aliphatic carbocycles. The molecule has 0 radical (unpaired) electrons. The number of carbonyl (C=O) groups is 1. The summed E-state index contributed by atoms with van der Waals surface area (Å²) < 4.78 is 0. The van der Waals surface area contributed by atoms with E-state index in [0.29, 0.717) is 0 Å². The molecule has 3 heteroatoms. The quantitative estimate of drug-likeness (QED) is 0.796. The number of amides is 1. The fourth-order valence-corrected chi connectivity index (χ4v) is 2.33. The Kier molecular flexibility index (Phi) is 5.39. The van der Waals surface area contributed by atoms with Gasteiger partial charge in [0.1, 0.15) is 0 Å². The van der Waals surface area contributed by atoms with Crippen molar-refractivity contribution >= 4 is 17.0 Å². The Morgan fingerprint density at radius 3 is 2.25 bits per heavy atom. The maximum Gasteiger partial charge on any atom is 0.281 e. The van der Waals surface area contributed by atoms with Gasteiger partial charge < -0.3 is 4.90 Å². The lowest BCUT2D eigenvalue weighted by atomic mass is 10.2. The van der Waals surface area contributed by atoms with Crippen molar-refractivity contribution in [1.29, 1.82) is 0 Å². The molecule has 1 rings (SSSR count). The van der Waals surface area contributed by atoms with Crippen LogP contribution in [-0.2, 0) is 5.75 Å². The van der Waals surface area contributed by atoms with Gasteiger partial charge in [0.25, 0.3) is 5.24 Å². The van der Waals surface area contributed by atoms with E-state index in [4.69, 9.17) is 0 Å². The zero-order valence-electron chi connectivity index (χ0n) is 10.2. The van der Waals surface area contributed by atoms with Crippen LogP contribution in [0.4, 0.5) is 4.79 Å². The highest BCUT2D eigenvalue weighted by Gasteiger charge is 2.09. The maximum atomic E-state index is 11.7. The lowest BCUT2D eigenvalue weighted by Crippen LogP contribution is -2.26. The fourth-order valence-electron chi connectivity index (χ4n) is 1.40. The Morgan fingerprint density at radius 1 is 1.19 bits per heavy atom. The van der Waals surface area contributed by atoms with E-state index in [9.17, 15) is 4.79 Å². The molecule has 0 fully saturated rings. The second-order valence-corrected chi connectivity index (χ2v) is 4.64. The second-order valence-electron chi connectivity index (χ2n) is 3.71. The van der Waals surface area contributed by atoms with Crippen molar-refractivity contribution in [2.24, 2.45) is 0 Å². The molecule has 0 aliphatic heterocycles. The molecule has 1 amide bonds. The van der Waals surface area contributed by atoms with Gasteiger partial charge in [0.05, 0.1) is 0 Å². The van der Waals surface area contributed by atoms with Crippen LogP contribution in [0.1, 0.15) is 25.0 Å². The summed E-state index contributed by atoms with van der Waals surface area (Å²) in [6.45, 7) is 7.66. The molecule has 1 aromatic rings. The van der Waals surface area contributed by atoms with Crippen molar-refractivity contribution in [2.45, 2.75) is 26.5 Å². The number of aryl methyl sites for hydroxylation is 1. The van der Waals surface area contributed by atoms with Crippen molar-refractivity contribution in [2.75, 3.05) is 13.1 Å². The molecule has 1 aromatic carbocycles. The van der Waals surface area contributed by atoms with Gasteiger partial charge in [-0.15, -0.1) is 0 Å². The molecule has 0 saturated heterocycles. The van der Waals surface area contributed by atoms with E-state index in [1.54, 1.807) is 0 Å². The van der Waals surface area contributed by atoms with Crippen LogP contribution in [0.3, 0.4) is 0 Å². The minimum Gasteiger partial charge on any atom is -0.334 e. The molecule has 2 nitrogen and oxygen atoms in total. The van der Waals surface area contributed by atoms with Gasteiger partial charge >= 0.3 is 0 Å². The van der Waals surface area contributed by atoms with Gasteiger partial charge in [-0.1, -0.05) is 41.6 Å². The van der Waals surface area contributed by atoms with Gasteiger partial charge in [-0.2, -0.15) is 0 Å². The lowest BCUT2D eigenvalue weighted by molar-refractivity contribution is 0.228. The van der Waals surface area contributed by atoms with Crippen molar-refractivity contribution in [3.8, 4) is 0 Å². The average Bonchev–Trinajstić information content (AvgIpc) is 2.30. The van der Waals surface area contributed by atoms with Gasteiger partial charge in [0, 0.05) is 18.8 Å². The summed E-state index contributed by atoms with van der Waals surface area (Å²) in [6, 6.07) is 8.32. The van der Waals surface area contributed by atoms with Crippen LogP contribution in [0.2, 0.25) is 0 Å². The van der Waals surface area contributed by atoms with E-state index >= 15 is 0 Å². The molecular weight excluding hydrogens is 218 g/mol. The van der Waals surface area contributed by atoms with Gasteiger partial charge in [-0.25, -0.2) is 0 Å². The minimum atomic E-state index is 0.172. The highest BCUT2D eigenvalue weighted by atomic mass is 32.2. The molecule has 0 N–H and O–H groups in total. The minimum absolute atomic E-state index is 0.172. The molecule has 0 saturated carbocycles. The normalized spacial score (nSPS) is 10.2. The van der Waals surface area contributed by atoms with Crippen LogP contribution < -0.4 is 0 Å². The molecule has 0 atom stereocenters. The standard InChI is InChI=1S/C13H19NOS/c1-4-14(5-2)13(15)16-10-12-8-6-11(3)7-9-12/h6-9H,4-5,10H2,1-3H3. The summed E-state index contributed by atoms with van der Waals surface area (Å²) in [4.78, 5) is 13.6. The summed E-state index contributed by atoms with van der Waals surface area (Å²) in [5.41, 5.74) is 2.46. The Balaban J connectivity index is 2.45. The molecule has 0 spiro atoms. The molecule has 88 valence electrons. The first kappa shape index (κ1) is 13.1. The van der Waals surface area contributed by atoms with Crippen LogP contribution in [-0.4, -0.2) is 23.2 Å². The molecule has 16 heavy (non-hydrogen) atoms. The number of thioether (sulfide) groups is 1. The van der Waals surface area contributed by atoms with Gasteiger partial charge in [-0.05, 0) is 26.3 Å². The average molecular weight is 237 g/mol. The number of rotatable bonds is 4. The third kappa shape index (κ3) is 3.89. The van der Waals surface area contributed by atoms with Gasteiger partial charge in [0.2, 0.25) is 0 Å². The summed E-state index contributed by atoms with van der Waals surface area (Å²) in [5.74, 6) is 0.760. The second kappa shape index (κ2) is 6.59. The molecule has 0 unspecified atom stereocenters. The summed E-state index contributed by atoms with van der Waals surface area (Å²) in [6.07, 6.45) is 0. The van der Waals surface area contributed by atoms with Crippen LogP contribution in [0.15, 0.2) is 24.3 Å². The first-order chi connectivity index (χ1) is 7.67. The van der Waals surface area contributed by atoms with Crippen molar-refractivity contribution < 1.29 is 4.79 Å². The summed E-state index contributed by atoms with van der Waals surface area (Å²) in [5, 5.41) is 0.172. The Bertz CT molecular complexity index is 330. The van der Waals surface area contributed by atoms with Gasteiger partial charge in [-0.3, -0.25) is 4.79 Å². The van der Waals surface area contributed by atoms with Crippen molar-refractivity contribution in [1.82, 2.24) is 4.90 Å². The Hall–Kier alpha value is -0.960. The molecular formula is C13H19NOS. The van der Waals surface area contributed by atoms with E-state index in [1.807, 2.05) is 18.7 Å². The molecule has 0 aliphatic rings. The van der Waals surface area contributed by atoms with Gasteiger partial charge in [0.15, 0.2) is 0 Å². The third-order valence-corrected chi connectivity index (χ3v) is 3.49. The van der Waals surface area contributed by atoms with Crippen molar-refractivity contribution in [3.63, 3.8) is 0 Å². The first-order valence-electron chi connectivity index (χ1n) is 5.64. The predicted molar refractivity (Wildman–Crippen MR) is 70.8 cm³/mol. The zero-order valence-corrected chi connectivity index (χ0v) is 11.0. The SMILES string of the molecule is CCN(CC)C(=O)SCc1ccc(C)cc1. The number of carbonyl (C=O) groups excluding carboxylic acids is 1. The van der Waals surface area contributed by atoms with E-state index in [2.05, 4.69) is 31.2 Å². The number of benzene rings is 1. The highest BCUT2D eigenvalue weighted by Crippen LogP contribution is 2.16. The van der Waals surface area contributed by atoms with Crippen LogP contribution in [0.25, 0.3) is 0 Å². The number of hydrogen-bond acceptors (Lipinski definition) is 2. The lowest BCUT2D eigenvalue weighted by Gasteiger charge is -2.17. The predicted octanol–water partition coefficient (Wildman–Crippen LogP) is 3.69. The number of nitrogens with zero attached hydrogens (tertiary/aromatic N) is 1. The Morgan fingerprint density at radius 2 is 1.75 bits per heavy atom. The van der Waals surface area contributed by atoms with E-state index in [0.717, 1.165) is 18.8 Å². The van der Waals surface area contributed by atoms with E-state index < -0.39 is 0 Å². The molecule has 0 aromatic heterocycles. The highest BCUT2D eigenvalue weighted by molar-refractivity contribution is 8.12. The van der Waals surface area contributed by atoms with E-state index in [1.165, 1.54) is 22.9 Å². The van der Waals surface area contributed by atoms with E-state index in [-0.39, 0.29) is 5.24 Å².